The molecule has 2 N–H and O–H groups in total. The molecule has 1 aliphatic rings. The molecule has 1 saturated heterocycles. The number of carboxylic acid groups (broad SMARTS) is 1. The first-order valence-electron chi connectivity index (χ1n) is 9.15. The monoisotopic (exact) mass is 381 g/mol. The molecule has 7 nitrogen and oxygen atoms in total. The van der Waals surface area contributed by atoms with Crippen LogP contribution in [0.2, 0.25) is 0 Å². The highest BCUT2D eigenvalue weighted by Crippen LogP contribution is 2.17. The molecule has 3 rings (SSSR count). The van der Waals surface area contributed by atoms with Crippen molar-refractivity contribution in [3.8, 4) is 0 Å². The van der Waals surface area contributed by atoms with E-state index < -0.39 is 12.0 Å². The Morgan fingerprint density at radius 2 is 1.68 bits per heavy atom. The number of hydrogen-bond acceptors (Lipinski definition) is 4. The maximum Gasteiger partial charge on any atom is 0.305 e. The van der Waals surface area contributed by atoms with Gasteiger partial charge in [-0.3, -0.25) is 14.4 Å². The van der Waals surface area contributed by atoms with E-state index in [9.17, 15) is 19.5 Å². The standard InChI is InChI=1S/C21H23N3O4/c25-19(12-22-17-9-5-2-6-10-17)24-15-20(26)23(14-18(24)11-21(27)28)13-16-7-3-1-4-8-16/h1-10,18,22H,11-15H2,(H,27,28). The molecule has 0 spiro atoms. The summed E-state index contributed by atoms with van der Waals surface area (Å²) in [6.07, 6.45) is -0.199. The van der Waals surface area contributed by atoms with Crippen molar-refractivity contribution < 1.29 is 19.5 Å². The maximum atomic E-state index is 12.7. The largest absolute Gasteiger partial charge is 0.481 e. The van der Waals surface area contributed by atoms with Crippen LogP contribution in [0.4, 0.5) is 5.69 Å². The molecule has 7 heteroatoms. The number of para-hydroxylation sites is 1. The first kappa shape index (κ1) is 19.4. The molecule has 1 heterocycles. The van der Waals surface area contributed by atoms with Crippen molar-refractivity contribution in [3.63, 3.8) is 0 Å². The summed E-state index contributed by atoms with van der Waals surface area (Å²) in [4.78, 5) is 39.6. The van der Waals surface area contributed by atoms with Crippen LogP contribution in [0.1, 0.15) is 12.0 Å². The Morgan fingerprint density at radius 1 is 1.04 bits per heavy atom. The van der Waals surface area contributed by atoms with Crippen LogP contribution in [0.5, 0.6) is 0 Å². The molecule has 1 aliphatic heterocycles. The number of anilines is 1. The highest BCUT2D eigenvalue weighted by molar-refractivity contribution is 5.89. The third-order valence-corrected chi connectivity index (χ3v) is 4.69. The van der Waals surface area contributed by atoms with Gasteiger partial charge in [-0.15, -0.1) is 0 Å². The Labute approximate surface area is 163 Å². The van der Waals surface area contributed by atoms with Gasteiger partial charge in [-0.25, -0.2) is 0 Å². The van der Waals surface area contributed by atoms with E-state index in [1.54, 1.807) is 4.90 Å². The van der Waals surface area contributed by atoms with Gasteiger partial charge in [-0.05, 0) is 17.7 Å². The number of rotatable bonds is 7. The van der Waals surface area contributed by atoms with Gasteiger partial charge in [0.25, 0.3) is 0 Å². The fourth-order valence-electron chi connectivity index (χ4n) is 3.29. The highest BCUT2D eigenvalue weighted by Gasteiger charge is 2.35. The third kappa shape index (κ3) is 5.09. The van der Waals surface area contributed by atoms with Crippen molar-refractivity contribution in [2.75, 3.05) is 25.0 Å². The van der Waals surface area contributed by atoms with E-state index in [0.29, 0.717) is 6.54 Å². The lowest BCUT2D eigenvalue weighted by molar-refractivity contribution is -0.152. The zero-order chi connectivity index (χ0) is 19.9. The van der Waals surface area contributed by atoms with Crippen molar-refractivity contribution in [1.82, 2.24) is 9.80 Å². The number of hydrogen-bond donors (Lipinski definition) is 2. The lowest BCUT2D eigenvalue weighted by Crippen LogP contribution is -2.59. The zero-order valence-electron chi connectivity index (χ0n) is 15.5. The topological polar surface area (TPSA) is 90.0 Å². The van der Waals surface area contributed by atoms with E-state index in [1.807, 2.05) is 60.7 Å². The van der Waals surface area contributed by atoms with Gasteiger partial charge in [-0.1, -0.05) is 48.5 Å². The first-order valence-corrected chi connectivity index (χ1v) is 9.15. The SMILES string of the molecule is O=C(O)CC1CN(Cc2ccccc2)C(=O)CN1C(=O)CNc1ccccc1. The van der Waals surface area contributed by atoms with Gasteiger partial charge in [0, 0.05) is 18.8 Å². The van der Waals surface area contributed by atoms with Gasteiger partial charge < -0.3 is 20.2 Å². The van der Waals surface area contributed by atoms with E-state index in [-0.39, 0.29) is 37.9 Å². The summed E-state index contributed by atoms with van der Waals surface area (Å²) in [6.45, 7) is 0.503. The van der Waals surface area contributed by atoms with Crippen LogP contribution in [0.25, 0.3) is 0 Å². The van der Waals surface area contributed by atoms with Gasteiger partial charge in [0.15, 0.2) is 0 Å². The van der Waals surface area contributed by atoms with Gasteiger partial charge >= 0.3 is 5.97 Å². The molecule has 1 unspecified atom stereocenters. The summed E-state index contributed by atoms with van der Waals surface area (Å²) in [6, 6.07) is 18.2. The second kappa shape index (κ2) is 9.03. The Balaban J connectivity index is 1.67. The minimum Gasteiger partial charge on any atom is -0.481 e. The predicted molar refractivity (Wildman–Crippen MR) is 105 cm³/mol. The van der Waals surface area contributed by atoms with E-state index in [1.165, 1.54) is 4.90 Å². The maximum absolute atomic E-state index is 12.7. The number of aliphatic carboxylic acids is 1. The van der Waals surface area contributed by atoms with Crippen LogP contribution >= 0.6 is 0 Å². The quantitative estimate of drug-likeness (QED) is 0.764. The second-order valence-electron chi connectivity index (χ2n) is 6.75. The Morgan fingerprint density at radius 3 is 2.32 bits per heavy atom. The number of nitrogens with zero attached hydrogens (tertiary/aromatic N) is 2. The average molecular weight is 381 g/mol. The number of carbonyl (C=O) groups is 3. The molecule has 28 heavy (non-hydrogen) atoms. The lowest BCUT2D eigenvalue weighted by Gasteiger charge is -2.40. The fourth-order valence-corrected chi connectivity index (χ4v) is 3.29. The summed E-state index contributed by atoms with van der Waals surface area (Å²) >= 11 is 0. The molecule has 2 aromatic rings. The number of amides is 2. The van der Waals surface area contributed by atoms with Crippen LogP contribution in [0.15, 0.2) is 60.7 Å². The molecule has 0 bridgehead atoms. The van der Waals surface area contributed by atoms with Crippen molar-refractivity contribution in [2.24, 2.45) is 0 Å². The third-order valence-electron chi connectivity index (χ3n) is 4.69. The normalized spacial score (nSPS) is 16.7. The summed E-state index contributed by atoms with van der Waals surface area (Å²) in [5.74, 6) is -1.46. The highest BCUT2D eigenvalue weighted by atomic mass is 16.4. The van der Waals surface area contributed by atoms with Crippen molar-refractivity contribution >= 4 is 23.5 Å². The van der Waals surface area contributed by atoms with Crippen LogP contribution in [-0.2, 0) is 20.9 Å². The molecule has 0 radical (unpaired) electrons. The predicted octanol–water partition coefficient (Wildman–Crippen LogP) is 1.81. The number of carboxylic acids is 1. The first-order chi connectivity index (χ1) is 13.5. The van der Waals surface area contributed by atoms with Crippen molar-refractivity contribution in [2.45, 2.75) is 19.0 Å². The molecular formula is C21H23N3O4. The van der Waals surface area contributed by atoms with E-state index in [4.69, 9.17) is 0 Å². The lowest BCUT2D eigenvalue weighted by atomic mass is 10.1. The van der Waals surface area contributed by atoms with Crippen molar-refractivity contribution in [3.05, 3.63) is 66.2 Å². The van der Waals surface area contributed by atoms with Gasteiger partial charge in [0.1, 0.15) is 6.54 Å². The fraction of sp³-hybridized carbons (Fsp3) is 0.286. The summed E-state index contributed by atoms with van der Waals surface area (Å²) in [5.41, 5.74) is 1.76. The van der Waals surface area contributed by atoms with E-state index >= 15 is 0 Å². The van der Waals surface area contributed by atoms with Gasteiger partial charge in [0.2, 0.25) is 11.8 Å². The smallest absolute Gasteiger partial charge is 0.305 e. The van der Waals surface area contributed by atoms with Crippen molar-refractivity contribution in [1.29, 1.82) is 0 Å². The number of carbonyl (C=O) groups excluding carboxylic acids is 2. The summed E-state index contributed by atoms with van der Waals surface area (Å²) < 4.78 is 0. The number of nitrogens with one attached hydrogen (secondary N) is 1. The molecule has 0 aliphatic carbocycles. The molecule has 1 atom stereocenters. The molecule has 0 saturated carbocycles. The van der Waals surface area contributed by atoms with Gasteiger partial charge in [0.05, 0.1) is 19.0 Å². The molecule has 0 aromatic heterocycles. The zero-order valence-corrected chi connectivity index (χ0v) is 15.5. The number of benzene rings is 2. The molecular weight excluding hydrogens is 358 g/mol. The number of piperazine rings is 1. The van der Waals surface area contributed by atoms with Crippen LogP contribution < -0.4 is 5.32 Å². The molecule has 2 amide bonds. The van der Waals surface area contributed by atoms with Crippen LogP contribution in [0, 0.1) is 0 Å². The summed E-state index contributed by atoms with van der Waals surface area (Å²) in [5, 5.41) is 12.3. The second-order valence-corrected chi connectivity index (χ2v) is 6.75. The molecule has 146 valence electrons. The Hall–Kier alpha value is -3.35. The molecule has 1 fully saturated rings. The summed E-state index contributed by atoms with van der Waals surface area (Å²) in [7, 11) is 0. The Bertz CT molecular complexity index is 826. The molecule has 2 aromatic carbocycles. The minimum atomic E-state index is -0.993. The van der Waals surface area contributed by atoms with E-state index in [0.717, 1.165) is 11.3 Å². The Kier molecular flexibility index (Phi) is 6.26. The minimum absolute atomic E-state index is 0.00605. The van der Waals surface area contributed by atoms with Gasteiger partial charge in [-0.2, -0.15) is 0 Å². The average Bonchev–Trinajstić information content (AvgIpc) is 2.69. The van der Waals surface area contributed by atoms with Crippen LogP contribution in [0.3, 0.4) is 0 Å². The van der Waals surface area contributed by atoms with Crippen LogP contribution in [-0.4, -0.2) is 58.4 Å². The van der Waals surface area contributed by atoms with E-state index in [2.05, 4.69) is 5.32 Å².